The molecule has 5 N–H and O–H groups in total. The fourth-order valence-corrected chi connectivity index (χ4v) is 8.58. The van der Waals surface area contributed by atoms with Crippen LogP contribution in [-0.4, -0.2) is 51.9 Å². The summed E-state index contributed by atoms with van der Waals surface area (Å²) in [6.07, 6.45) is 0. The lowest BCUT2D eigenvalue weighted by atomic mass is 9.92. The molecular weight excluding hydrogens is 699 g/mol. The topological polar surface area (TPSA) is 239 Å². The Morgan fingerprint density at radius 2 is 1.23 bits per heavy atom. The van der Waals surface area contributed by atoms with E-state index in [0.29, 0.717) is 5.56 Å². The predicted octanol–water partition coefficient (Wildman–Crippen LogP) is 3.11. The predicted molar refractivity (Wildman–Crippen MR) is 169 cm³/mol. The molecule has 0 unspecified atom stereocenters. The Morgan fingerprint density at radius 3 is 1.81 bits per heavy atom. The van der Waals surface area contributed by atoms with Crippen molar-refractivity contribution in [3.05, 3.63) is 92.9 Å². The van der Waals surface area contributed by atoms with E-state index in [9.17, 15) is 51.9 Å². The maximum Gasteiger partial charge on any atom is 0.296 e. The molecule has 4 aromatic rings. The lowest BCUT2D eigenvalue weighted by Gasteiger charge is -2.25. The fourth-order valence-electron chi connectivity index (χ4n) is 5.62. The molecule has 0 saturated carbocycles. The van der Waals surface area contributed by atoms with Gasteiger partial charge < -0.3 is 10.1 Å². The number of ether oxygens (including phenoxy) is 1. The molecule has 18 heteroatoms. The van der Waals surface area contributed by atoms with Crippen LogP contribution in [0.5, 0.6) is 11.5 Å². The van der Waals surface area contributed by atoms with Crippen LogP contribution in [-0.2, 0) is 40.5 Å². The number of fused-ring (bicyclic) bond motifs is 2. The molecule has 1 heterocycles. The van der Waals surface area contributed by atoms with E-state index in [1.165, 1.54) is 38.1 Å². The summed E-state index contributed by atoms with van der Waals surface area (Å²) in [7, 11) is -19.7. The molecule has 0 fully saturated rings. The van der Waals surface area contributed by atoms with Gasteiger partial charge in [0.2, 0.25) is 0 Å². The molecule has 0 aliphatic carbocycles. The third-order valence-electron chi connectivity index (χ3n) is 7.41. The van der Waals surface area contributed by atoms with Crippen LogP contribution in [0.2, 0.25) is 0 Å². The molecule has 0 aromatic heterocycles. The molecule has 0 spiro atoms. The van der Waals surface area contributed by atoms with Gasteiger partial charge in [-0.2, -0.15) is 33.7 Å². The number of benzene rings is 4. The number of nitrogens with one attached hydrogen (secondary N) is 1. The fraction of sp³-hybridized carbons (Fsp3) is 0.103. The maximum absolute atomic E-state index is 12.8. The van der Waals surface area contributed by atoms with Crippen molar-refractivity contribution in [1.29, 1.82) is 0 Å². The first-order chi connectivity index (χ1) is 21.5. The average molecular weight is 724 g/mol. The van der Waals surface area contributed by atoms with Gasteiger partial charge in [0.05, 0.1) is 5.69 Å². The van der Waals surface area contributed by atoms with Crippen molar-refractivity contribution in [3.8, 4) is 11.5 Å². The summed E-state index contributed by atoms with van der Waals surface area (Å²) >= 11 is 0. The van der Waals surface area contributed by atoms with Crippen LogP contribution in [0.25, 0.3) is 12.2 Å². The molecule has 0 atom stereocenters. The molecule has 1 aliphatic heterocycles. The second-order valence-corrected chi connectivity index (χ2v) is 16.2. The van der Waals surface area contributed by atoms with E-state index >= 15 is 0 Å². The molecule has 0 amide bonds. The van der Waals surface area contributed by atoms with Gasteiger partial charge in [-0.15, -0.1) is 0 Å². The largest absolute Gasteiger partial charge is 0.456 e. The van der Waals surface area contributed by atoms with Gasteiger partial charge in [0, 0.05) is 33.7 Å². The minimum absolute atomic E-state index is 0.0176. The van der Waals surface area contributed by atoms with E-state index in [1.807, 2.05) is 0 Å². The Hall–Kier alpha value is -4.14. The van der Waals surface area contributed by atoms with Crippen LogP contribution < -0.4 is 20.5 Å². The summed E-state index contributed by atoms with van der Waals surface area (Å²) < 4.78 is 145. The highest BCUT2D eigenvalue weighted by molar-refractivity contribution is 7.86. The van der Waals surface area contributed by atoms with Crippen molar-refractivity contribution in [3.63, 3.8) is 0 Å². The van der Waals surface area contributed by atoms with Gasteiger partial charge in [-0.3, -0.25) is 18.2 Å². The van der Waals surface area contributed by atoms with Gasteiger partial charge >= 0.3 is 0 Å². The zero-order chi connectivity index (χ0) is 35.0. The standard InChI is InChI=1S/C29H25NO13S4/c1-14-10-22-19(11-25(14)45(34,35)36)27(18-7-5-6-8-24(18)44(31,32)33)20-12-26(46(37,38)39)21(13-23(20)43-22)30-28-15(2)9-16(3)29(17(28)4)47(40,41)42/h5-13,30H,1H2,2-4H3,(H,31,32,33)(H,34,35,36)(H,37,38,39)(H,40,41,42). The molecular formula is C29H25NO13S4. The zero-order valence-electron chi connectivity index (χ0n) is 24.5. The normalized spacial score (nSPS) is 13.5. The molecule has 5 rings (SSSR count). The summed E-state index contributed by atoms with van der Waals surface area (Å²) in [6.45, 7) is 8.02. The molecule has 1 aliphatic rings. The van der Waals surface area contributed by atoms with Gasteiger partial charge in [0.15, 0.2) is 0 Å². The Morgan fingerprint density at radius 1 is 0.638 bits per heavy atom. The van der Waals surface area contributed by atoms with Gasteiger partial charge in [-0.1, -0.05) is 30.8 Å². The second kappa shape index (κ2) is 11.2. The molecule has 47 heavy (non-hydrogen) atoms. The van der Waals surface area contributed by atoms with Crippen molar-refractivity contribution < 1.29 is 56.6 Å². The third-order valence-corrected chi connectivity index (χ3v) is 11.3. The summed E-state index contributed by atoms with van der Waals surface area (Å²) in [5.74, 6) is -0.277. The molecule has 14 nitrogen and oxygen atoms in total. The van der Waals surface area contributed by atoms with E-state index in [1.54, 1.807) is 6.92 Å². The SMILES string of the molecule is C=c1cc2c(cc1S(=O)(=O)O)=C(c1ccccc1S(=O)(=O)O)c1cc(S(=O)(=O)O)c(Nc3c(C)cc(C)c(S(=O)(=O)O)c3C)cc1O2. The number of hydrogen-bond acceptors (Lipinski definition) is 10. The summed E-state index contributed by atoms with van der Waals surface area (Å²) in [5.41, 5.74) is -0.230. The van der Waals surface area contributed by atoms with Crippen molar-refractivity contribution in [2.45, 2.75) is 40.4 Å². The minimum Gasteiger partial charge on any atom is -0.456 e. The summed E-state index contributed by atoms with van der Waals surface area (Å²) in [4.78, 5) is -2.57. The summed E-state index contributed by atoms with van der Waals surface area (Å²) in [5, 5.41) is 2.43. The van der Waals surface area contributed by atoms with E-state index in [0.717, 1.165) is 30.3 Å². The van der Waals surface area contributed by atoms with Crippen molar-refractivity contribution >= 4 is 64.0 Å². The first kappa shape index (κ1) is 34.2. The van der Waals surface area contributed by atoms with Crippen molar-refractivity contribution in [1.82, 2.24) is 0 Å². The van der Waals surface area contributed by atoms with E-state index in [-0.39, 0.29) is 61.1 Å². The van der Waals surface area contributed by atoms with Gasteiger partial charge in [0.25, 0.3) is 40.5 Å². The van der Waals surface area contributed by atoms with Crippen LogP contribution >= 0.6 is 0 Å². The monoisotopic (exact) mass is 723 g/mol. The zero-order valence-corrected chi connectivity index (χ0v) is 27.8. The number of aryl methyl sites for hydroxylation is 2. The molecule has 0 radical (unpaired) electrons. The number of rotatable bonds is 7. The van der Waals surface area contributed by atoms with E-state index < -0.39 is 60.1 Å². The van der Waals surface area contributed by atoms with Gasteiger partial charge in [-0.25, -0.2) is 0 Å². The molecule has 4 aromatic carbocycles. The lowest BCUT2D eigenvalue weighted by Crippen LogP contribution is -2.25. The Labute approximate surface area is 269 Å². The first-order valence-electron chi connectivity index (χ1n) is 13.1. The number of hydrogen-bond donors (Lipinski definition) is 5. The lowest BCUT2D eigenvalue weighted by molar-refractivity contribution is 0.466. The maximum atomic E-state index is 12.8. The van der Waals surface area contributed by atoms with Gasteiger partial charge in [-0.05, 0) is 66.9 Å². The van der Waals surface area contributed by atoms with Crippen LogP contribution in [0.4, 0.5) is 11.4 Å². The van der Waals surface area contributed by atoms with E-state index in [4.69, 9.17) is 4.74 Å². The Balaban J connectivity index is 1.92. The Kier molecular flexibility index (Phi) is 8.18. The highest BCUT2D eigenvalue weighted by Gasteiger charge is 2.31. The number of anilines is 2. The van der Waals surface area contributed by atoms with Crippen LogP contribution in [0.1, 0.15) is 27.8 Å². The highest BCUT2D eigenvalue weighted by atomic mass is 32.2. The molecule has 0 saturated heterocycles. The second-order valence-electron chi connectivity index (χ2n) is 10.6. The quantitative estimate of drug-likeness (QED) is 0.152. The Bertz CT molecular complexity index is 2610. The third kappa shape index (κ3) is 6.29. The van der Waals surface area contributed by atoms with E-state index in [2.05, 4.69) is 11.9 Å². The van der Waals surface area contributed by atoms with Crippen molar-refractivity contribution in [2.24, 2.45) is 0 Å². The minimum atomic E-state index is -5.13. The molecule has 0 bridgehead atoms. The van der Waals surface area contributed by atoms with Crippen LogP contribution in [0.3, 0.4) is 0 Å². The van der Waals surface area contributed by atoms with Crippen LogP contribution in [0, 0.1) is 20.8 Å². The first-order valence-corrected chi connectivity index (χ1v) is 18.9. The molecule has 248 valence electrons. The van der Waals surface area contributed by atoms with Crippen LogP contribution in [0.15, 0.2) is 74.2 Å². The highest BCUT2D eigenvalue weighted by Crippen LogP contribution is 2.43. The smallest absolute Gasteiger partial charge is 0.296 e. The van der Waals surface area contributed by atoms with Crippen molar-refractivity contribution in [2.75, 3.05) is 5.32 Å². The van der Waals surface area contributed by atoms with Gasteiger partial charge in [0.1, 0.15) is 31.1 Å². The summed E-state index contributed by atoms with van der Waals surface area (Å²) in [6, 6.07) is 10.5. The average Bonchev–Trinajstić information content (AvgIpc) is 2.90.